The number of benzene rings is 2. The normalized spacial score (nSPS) is 14.2. The molecule has 26 heavy (non-hydrogen) atoms. The summed E-state index contributed by atoms with van der Waals surface area (Å²) in [7, 11) is 1.46. The van der Waals surface area contributed by atoms with Crippen molar-refractivity contribution in [3.8, 4) is 0 Å². The van der Waals surface area contributed by atoms with Gasteiger partial charge in [-0.25, -0.2) is 0 Å². The minimum absolute atomic E-state index is 0.178. The number of carbonyl (C=O) groups is 3. The Bertz CT molecular complexity index is 921. The third-order valence-electron chi connectivity index (χ3n) is 3.77. The third kappa shape index (κ3) is 3.66. The highest BCUT2D eigenvalue weighted by atomic mass is 35.5. The number of imide groups is 1. The fourth-order valence-electron chi connectivity index (χ4n) is 2.51. The van der Waals surface area contributed by atoms with E-state index in [0.29, 0.717) is 26.8 Å². The maximum Gasteiger partial charge on any atom is 0.268 e. The topological polar surface area (TPSA) is 66.5 Å². The predicted molar refractivity (Wildman–Crippen MR) is 103 cm³/mol. The Morgan fingerprint density at radius 3 is 2.19 bits per heavy atom. The number of hydrogen-bond acceptors (Lipinski definition) is 4. The summed E-state index contributed by atoms with van der Waals surface area (Å²) in [5, 5.41) is 3.27. The molecule has 0 aliphatic carbocycles. The molecule has 0 radical (unpaired) electrons. The van der Waals surface area contributed by atoms with Crippen LogP contribution in [0, 0.1) is 0 Å². The van der Waals surface area contributed by atoms with Gasteiger partial charge < -0.3 is 5.32 Å². The first kappa shape index (κ1) is 18.2. The summed E-state index contributed by atoms with van der Waals surface area (Å²) in [5.41, 5.74) is 1.60. The van der Waals surface area contributed by atoms with Crippen LogP contribution in [0.25, 0.3) is 5.57 Å². The zero-order chi connectivity index (χ0) is 18.8. The molecule has 0 unspecified atom stereocenters. The highest BCUT2D eigenvalue weighted by Crippen LogP contribution is 2.39. The zero-order valence-corrected chi connectivity index (χ0v) is 15.6. The second-order valence-corrected chi connectivity index (χ2v) is 7.21. The molecular weight excluding hydrogens is 372 g/mol. The average Bonchev–Trinajstić information content (AvgIpc) is 2.81. The molecule has 3 amide bonds. The van der Waals surface area contributed by atoms with Crippen molar-refractivity contribution >= 4 is 52.3 Å². The highest BCUT2D eigenvalue weighted by Gasteiger charge is 2.37. The molecule has 2 aromatic carbocycles. The average molecular weight is 387 g/mol. The van der Waals surface area contributed by atoms with E-state index in [1.807, 2.05) is 0 Å². The largest absolute Gasteiger partial charge is 0.326 e. The van der Waals surface area contributed by atoms with Crippen molar-refractivity contribution in [2.45, 2.75) is 11.8 Å². The van der Waals surface area contributed by atoms with E-state index in [2.05, 4.69) is 5.32 Å². The first-order chi connectivity index (χ1) is 12.4. The molecule has 3 rings (SSSR count). The number of carbonyl (C=O) groups excluding carboxylic acids is 3. The maximum absolute atomic E-state index is 12.6. The second-order valence-electron chi connectivity index (χ2n) is 5.69. The Labute approximate surface area is 160 Å². The van der Waals surface area contributed by atoms with Crippen molar-refractivity contribution in [2.75, 3.05) is 12.4 Å². The lowest BCUT2D eigenvalue weighted by molar-refractivity contribution is -0.134. The molecule has 0 spiro atoms. The molecule has 0 fully saturated rings. The van der Waals surface area contributed by atoms with E-state index in [1.54, 1.807) is 48.5 Å². The van der Waals surface area contributed by atoms with E-state index in [-0.39, 0.29) is 17.7 Å². The number of likely N-dealkylation sites (N-methyl/N-ethyl adjacent to an activating group) is 1. The van der Waals surface area contributed by atoms with Gasteiger partial charge in [0.2, 0.25) is 5.91 Å². The number of amides is 3. The Morgan fingerprint density at radius 1 is 1.00 bits per heavy atom. The highest BCUT2D eigenvalue weighted by molar-refractivity contribution is 8.04. The van der Waals surface area contributed by atoms with E-state index in [4.69, 9.17) is 11.6 Å². The van der Waals surface area contributed by atoms with Gasteiger partial charge in [-0.1, -0.05) is 35.5 Å². The van der Waals surface area contributed by atoms with Crippen LogP contribution in [-0.2, 0) is 14.4 Å². The molecule has 2 aromatic rings. The van der Waals surface area contributed by atoms with Crippen LogP contribution in [0.15, 0.2) is 58.3 Å². The number of halogens is 1. The van der Waals surface area contributed by atoms with Crippen LogP contribution < -0.4 is 5.32 Å². The summed E-state index contributed by atoms with van der Waals surface area (Å²) < 4.78 is 0. The van der Waals surface area contributed by atoms with Gasteiger partial charge in [-0.05, 0) is 42.0 Å². The maximum atomic E-state index is 12.6. The molecule has 0 saturated heterocycles. The lowest BCUT2D eigenvalue weighted by Crippen LogP contribution is -2.26. The summed E-state index contributed by atoms with van der Waals surface area (Å²) >= 11 is 7.13. The molecule has 7 heteroatoms. The van der Waals surface area contributed by atoms with Gasteiger partial charge in [-0.3, -0.25) is 19.3 Å². The Hall–Kier alpha value is -2.57. The summed E-state index contributed by atoms with van der Waals surface area (Å²) in [6.45, 7) is 1.42. The molecular formula is C19H15ClN2O3S. The quantitative estimate of drug-likeness (QED) is 0.811. The number of hydrogen-bond donors (Lipinski definition) is 1. The molecule has 1 aliphatic rings. The molecule has 1 heterocycles. The Kier molecular flexibility index (Phi) is 5.15. The van der Waals surface area contributed by atoms with Gasteiger partial charge in [0.05, 0.1) is 10.5 Å². The van der Waals surface area contributed by atoms with Crippen molar-refractivity contribution in [1.82, 2.24) is 4.90 Å². The van der Waals surface area contributed by atoms with Crippen LogP contribution in [0.4, 0.5) is 5.69 Å². The van der Waals surface area contributed by atoms with Gasteiger partial charge >= 0.3 is 0 Å². The fraction of sp³-hybridized carbons (Fsp3) is 0.105. The molecule has 0 saturated carbocycles. The van der Waals surface area contributed by atoms with E-state index in [9.17, 15) is 14.4 Å². The van der Waals surface area contributed by atoms with E-state index in [0.717, 1.165) is 9.80 Å². The summed E-state index contributed by atoms with van der Waals surface area (Å²) in [6.07, 6.45) is 0. The number of anilines is 1. The molecule has 1 aliphatic heterocycles. The molecule has 5 nitrogen and oxygen atoms in total. The van der Waals surface area contributed by atoms with Crippen LogP contribution in [-0.4, -0.2) is 29.7 Å². The lowest BCUT2D eigenvalue weighted by Gasteiger charge is -2.07. The number of nitrogens with zero attached hydrogens (tertiary/aromatic N) is 1. The summed E-state index contributed by atoms with van der Waals surface area (Å²) in [5.74, 6) is -0.863. The predicted octanol–water partition coefficient (Wildman–Crippen LogP) is 3.80. The van der Waals surface area contributed by atoms with E-state index < -0.39 is 0 Å². The van der Waals surface area contributed by atoms with Gasteiger partial charge in [-0.2, -0.15) is 0 Å². The summed E-state index contributed by atoms with van der Waals surface area (Å²) in [6, 6.07) is 13.9. The van der Waals surface area contributed by atoms with Crippen LogP contribution in [0.2, 0.25) is 5.02 Å². The van der Waals surface area contributed by atoms with Gasteiger partial charge in [0.25, 0.3) is 11.8 Å². The van der Waals surface area contributed by atoms with Crippen molar-refractivity contribution in [3.05, 3.63) is 64.0 Å². The van der Waals surface area contributed by atoms with Crippen molar-refractivity contribution in [1.29, 1.82) is 0 Å². The lowest BCUT2D eigenvalue weighted by atomic mass is 10.1. The SMILES string of the molecule is CC(=O)Nc1ccc(C2=C(Sc3ccc(Cl)cc3)C(=O)N(C)C2=O)cc1. The van der Waals surface area contributed by atoms with Crippen molar-refractivity contribution in [3.63, 3.8) is 0 Å². The van der Waals surface area contributed by atoms with Crippen molar-refractivity contribution in [2.24, 2.45) is 0 Å². The fourth-order valence-corrected chi connectivity index (χ4v) is 3.67. The Balaban J connectivity index is 1.99. The van der Waals surface area contributed by atoms with Crippen LogP contribution >= 0.6 is 23.4 Å². The standard InChI is InChI=1S/C19H15ClN2O3S/c1-11(23)21-14-7-3-12(4-8-14)16-17(19(25)22(2)18(16)24)26-15-9-5-13(20)6-10-15/h3-10H,1-2H3,(H,21,23). The van der Waals surface area contributed by atoms with E-state index >= 15 is 0 Å². The Morgan fingerprint density at radius 2 is 1.62 bits per heavy atom. The second kappa shape index (κ2) is 7.35. The number of rotatable bonds is 4. The van der Waals surface area contributed by atoms with Gasteiger partial charge in [0.1, 0.15) is 0 Å². The molecule has 0 atom stereocenters. The molecule has 132 valence electrons. The third-order valence-corrected chi connectivity index (χ3v) is 5.11. The number of thioether (sulfide) groups is 1. The first-order valence-electron chi connectivity index (χ1n) is 7.75. The van der Waals surface area contributed by atoms with Crippen molar-refractivity contribution < 1.29 is 14.4 Å². The zero-order valence-electron chi connectivity index (χ0n) is 14.1. The minimum atomic E-state index is -0.348. The molecule has 0 bridgehead atoms. The first-order valence-corrected chi connectivity index (χ1v) is 8.94. The monoisotopic (exact) mass is 386 g/mol. The molecule has 1 N–H and O–H groups in total. The number of nitrogens with one attached hydrogen (secondary N) is 1. The van der Waals surface area contributed by atoms with Gasteiger partial charge in [0, 0.05) is 29.6 Å². The smallest absolute Gasteiger partial charge is 0.268 e. The molecule has 0 aromatic heterocycles. The van der Waals surface area contributed by atoms with Crippen LogP contribution in [0.5, 0.6) is 0 Å². The summed E-state index contributed by atoms with van der Waals surface area (Å²) in [4.78, 5) is 38.5. The minimum Gasteiger partial charge on any atom is -0.326 e. The van der Waals surface area contributed by atoms with Crippen LogP contribution in [0.1, 0.15) is 12.5 Å². The van der Waals surface area contributed by atoms with Crippen LogP contribution in [0.3, 0.4) is 0 Å². The van der Waals surface area contributed by atoms with Gasteiger partial charge in [-0.15, -0.1) is 0 Å². The van der Waals surface area contributed by atoms with Gasteiger partial charge in [0.15, 0.2) is 0 Å². The van der Waals surface area contributed by atoms with E-state index in [1.165, 1.54) is 25.7 Å².